The highest BCUT2D eigenvalue weighted by Gasteiger charge is 2.31. The van der Waals surface area contributed by atoms with Crippen LogP contribution in [0.1, 0.15) is 57.6 Å². The summed E-state index contributed by atoms with van der Waals surface area (Å²) in [5, 5.41) is 3.64. The third-order valence-corrected chi connectivity index (χ3v) is 7.57. The molecule has 0 unspecified atom stereocenters. The fraction of sp³-hybridized carbons (Fsp3) is 0.462. The van der Waals surface area contributed by atoms with Gasteiger partial charge in [-0.1, -0.05) is 74.7 Å². The van der Waals surface area contributed by atoms with Crippen LogP contribution in [0.2, 0.25) is 10.0 Å². The van der Waals surface area contributed by atoms with Gasteiger partial charge >= 0.3 is 0 Å². The van der Waals surface area contributed by atoms with Crippen LogP contribution in [-0.2, 0) is 26.2 Å². The van der Waals surface area contributed by atoms with E-state index in [0.717, 1.165) is 29.0 Å². The molecule has 0 spiro atoms. The number of halogens is 2. The van der Waals surface area contributed by atoms with Gasteiger partial charge in [-0.15, -0.1) is 0 Å². The summed E-state index contributed by atoms with van der Waals surface area (Å²) in [7, 11) is -3.81. The van der Waals surface area contributed by atoms with E-state index < -0.39 is 28.5 Å². The molecule has 36 heavy (non-hydrogen) atoms. The van der Waals surface area contributed by atoms with Crippen LogP contribution in [0.4, 0.5) is 5.69 Å². The summed E-state index contributed by atoms with van der Waals surface area (Å²) in [6, 6.07) is 11.1. The lowest BCUT2D eigenvalue weighted by Gasteiger charge is -2.32. The number of sulfonamides is 1. The van der Waals surface area contributed by atoms with Gasteiger partial charge in [-0.3, -0.25) is 13.9 Å². The number of amides is 2. The van der Waals surface area contributed by atoms with Gasteiger partial charge in [0.2, 0.25) is 21.8 Å². The van der Waals surface area contributed by atoms with Crippen molar-refractivity contribution >= 4 is 50.7 Å². The summed E-state index contributed by atoms with van der Waals surface area (Å²) in [6.07, 6.45) is 2.79. The Labute approximate surface area is 224 Å². The fourth-order valence-electron chi connectivity index (χ4n) is 3.75. The summed E-state index contributed by atoms with van der Waals surface area (Å²) in [6.45, 7) is 7.59. The van der Waals surface area contributed by atoms with Gasteiger partial charge in [0, 0.05) is 23.1 Å². The Bertz CT molecular complexity index is 1170. The molecule has 2 aromatic rings. The Hall–Kier alpha value is -2.29. The molecule has 198 valence electrons. The Morgan fingerprint density at radius 3 is 2.31 bits per heavy atom. The molecule has 1 atom stereocenters. The van der Waals surface area contributed by atoms with Crippen LogP contribution in [-0.4, -0.2) is 50.5 Å². The zero-order valence-electron chi connectivity index (χ0n) is 21.4. The number of para-hydroxylation sites is 1. The zero-order chi connectivity index (χ0) is 27.0. The Morgan fingerprint density at radius 1 is 1.06 bits per heavy atom. The highest BCUT2D eigenvalue weighted by molar-refractivity contribution is 7.92. The monoisotopic (exact) mass is 555 g/mol. The van der Waals surface area contributed by atoms with Crippen molar-refractivity contribution in [1.82, 2.24) is 10.2 Å². The molecule has 2 amide bonds. The number of rotatable bonds is 12. The second kappa shape index (κ2) is 13.3. The van der Waals surface area contributed by atoms with E-state index in [4.69, 9.17) is 23.2 Å². The normalized spacial score (nSPS) is 12.3. The first-order valence-corrected chi connectivity index (χ1v) is 14.5. The predicted molar refractivity (Wildman–Crippen MR) is 147 cm³/mol. The van der Waals surface area contributed by atoms with Gasteiger partial charge in [0.1, 0.15) is 12.6 Å². The van der Waals surface area contributed by atoms with Crippen LogP contribution in [0.25, 0.3) is 0 Å². The van der Waals surface area contributed by atoms with Gasteiger partial charge in [0.25, 0.3) is 0 Å². The van der Waals surface area contributed by atoms with Gasteiger partial charge < -0.3 is 10.2 Å². The van der Waals surface area contributed by atoms with E-state index in [2.05, 4.69) is 5.32 Å². The molecule has 1 N–H and O–H groups in total. The number of unbranched alkanes of at least 4 members (excludes halogenated alkanes) is 1. The molecule has 0 radical (unpaired) electrons. The quantitative estimate of drug-likeness (QED) is 0.364. The van der Waals surface area contributed by atoms with Crippen LogP contribution in [0.15, 0.2) is 42.5 Å². The summed E-state index contributed by atoms with van der Waals surface area (Å²) in [5.74, 6) is -0.814. The number of nitrogens with zero attached hydrogens (tertiary/aromatic N) is 2. The van der Waals surface area contributed by atoms with E-state index >= 15 is 0 Å². The number of nitrogens with one attached hydrogen (secondary N) is 1. The van der Waals surface area contributed by atoms with Gasteiger partial charge in [0.15, 0.2) is 0 Å². The molecule has 7 nitrogen and oxygen atoms in total. The first-order chi connectivity index (χ1) is 16.9. The SMILES string of the molecule is CCCCNC(=O)[C@H](C)N(Cc1ccc(Cl)cc1Cl)C(=O)CN(c1ccccc1C(C)C)S(C)(=O)=O. The summed E-state index contributed by atoms with van der Waals surface area (Å²) in [5.41, 5.74) is 1.83. The fourth-order valence-corrected chi connectivity index (χ4v) is 5.09. The number of hydrogen-bond donors (Lipinski definition) is 1. The van der Waals surface area contributed by atoms with Crippen LogP contribution in [0.5, 0.6) is 0 Å². The number of carbonyl (C=O) groups is 2. The number of anilines is 1. The largest absolute Gasteiger partial charge is 0.354 e. The topological polar surface area (TPSA) is 86.8 Å². The van der Waals surface area contributed by atoms with Crippen molar-refractivity contribution in [1.29, 1.82) is 0 Å². The molecule has 0 aromatic heterocycles. The van der Waals surface area contributed by atoms with E-state index in [0.29, 0.717) is 27.8 Å². The average Bonchev–Trinajstić information content (AvgIpc) is 2.80. The van der Waals surface area contributed by atoms with E-state index in [-0.39, 0.29) is 18.4 Å². The van der Waals surface area contributed by atoms with Gasteiger partial charge in [-0.2, -0.15) is 0 Å². The second-order valence-electron chi connectivity index (χ2n) is 9.06. The van der Waals surface area contributed by atoms with Gasteiger partial charge in [0.05, 0.1) is 11.9 Å². The second-order valence-corrected chi connectivity index (χ2v) is 11.8. The van der Waals surface area contributed by atoms with E-state index in [1.54, 1.807) is 37.3 Å². The van der Waals surface area contributed by atoms with E-state index in [1.165, 1.54) is 4.90 Å². The molecule has 0 aliphatic carbocycles. The Kier molecular flexibility index (Phi) is 11.1. The molecule has 2 aromatic carbocycles. The minimum absolute atomic E-state index is 0.0145. The van der Waals surface area contributed by atoms with Crippen LogP contribution >= 0.6 is 23.2 Å². The highest BCUT2D eigenvalue weighted by atomic mass is 35.5. The lowest BCUT2D eigenvalue weighted by atomic mass is 10.0. The molecule has 10 heteroatoms. The van der Waals surface area contributed by atoms with Crippen molar-refractivity contribution in [2.45, 2.75) is 59.0 Å². The number of carbonyl (C=O) groups excluding carboxylic acids is 2. The van der Waals surface area contributed by atoms with Crippen molar-refractivity contribution in [3.63, 3.8) is 0 Å². The number of benzene rings is 2. The molecular formula is C26H35Cl2N3O4S. The third kappa shape index (κ3) is 8.11. The number of hydrogen-bond acceptors (Lipinski definition) is 4. The zero-order valence-corrected chi connectivity index (χ0v) is 23.8. The predicted octanol–water partition coefficient (Wildman–Crippen LogP) is 5.22. The maximum absolute atomic E-state index is 13.7. The maximum Gasteiger partial charge on any atom is 0.244 e. The summed E-state index contributed by atoms with van der Waals surface area (Å²) >= 11 is 12.4. The minimum Gasteiger partial charge on any atom is -0.354 e. The molecule has 2 rings (SSSR count). The molecule has 0 heterocycles. The average molecular weight is 557 g/mol. The smallest absolute Gasteiger partial charge is 0.244 e. The Balaban J connectivity index is 2.45. The molecular weight excluding hydrogens is 521 g/mol. The molecule has 0 bridgehead atoms. The maximum atomic E-state index is 13.7. The lowest BCUT2D eigenvalue weighted by Crippen LogP contribution is -2.51. The lowest BCUT2D eigenvalue weighted by molar-refractivity contribution is -0.139. The van der Waals surface area contributed by atoms with Gasteiger partial charge in [-0.05, 0) is 48.6 Å². The molecule has 0 saturated heterocycles. The third-order valence-electron chi connectivity index (χ3n) is 5.86. The van der Waals surface area contributed by atoms with Crippen molar-refractivity contribution in [3.8, 4) is 0 Å². The summed E-state index contributed by atoms with van der Waals surface area (Å²) < 4.78 is 26.8. The minimum atomic E-state index is -3.81. The van der Waals surface area contributed by atoms with Crippen LogP contribution < -0.4 is 9.62 Å². The first kappa shape index (κ1) is 29.9. The summed E-state index contributed by atoms with van der Waals surface area (Å²) in [4.78, 5) is 27.9. The Morgan fingerprint density at radius 2 is 1.72 bits per heavy atom. The first-order valence-electron chi connectivity index (χ1n) is 11.9. The van der Waals surface area contributed by atoms with E-state index in [1.807, 2.05) is 32.9 Å². The highest BCUT2D eigenvalue weighted by Crippen LogP contribution is 2.29. The molecule has 0 saturated carbocycles. The van der Waals surface area contributed by atoms with Crippen molar-refractivity contribution < 1.29 is 18.0 Å². The van der Waals surface area contributed by atoms with Crippen molar-refractivity contribution in [2.24, 2.45) is 0 Å². The van der Waals surface area contributed by atoms with Crippen molar-refractivity contribution in [2.75, 3.05) is 23.7 Å². The molecule has 0 aliphatic heterocycles. The van der Waals surface area contributed by atoms with Crippen molar-refractivity contribution in [3.05, 3.63) is 63.6 Å². The van der Waals surface area contributed by atoms with E-state index in [9.17, 15) is 18.0 Å². The molecule has 0 fully saturated rings. The van der Waals surface area contributed by atoms with Gasteiger partial charge in [-0.25, -0.2) is 8.42 Å². The van der Waals surface area contributed by atoms with Crippen LogP contribution in [0, 0.1) is 0 Å². The molecule has 0 aliphatic rings. The standard InChI is InChI=1S/C26H35Cl2N3O4S/c1-6-7-14-29-26(33)19(4)30(16-20-12-13-21(27)15-23(20)28)25(32)17-31(36(5,34)35)24-11-9-8-10-22(24)18(2)3/h8-13,15,18-19H,6-7,14,16-17H2,1-5H3,(H,29,33)/t19-/m0/s1. The van der Waals surface area contributed by atoms with Crippen LogP contribution in [0.3, 0.4) is 0 Å².